The summed E-state index contributed by atoms with van der Waals surface area (Å²) in [6.07, 6.45) is 5.06. The molecule has 1 saturated carbocycles. The van der Waals surface area contributed by atoms with Crippen LogP contribution in [0, 0.1) is 11.8 Å². The molecule has 2 unspecified atom stereocenters. The molecule has 0 saturated heterocycles. The van der Waals surface area contributed by atoms with Gasteiger partial charge >= 0.3 is 0 Å². The van der Waals surface area contributed by atoms with Gasteiger partial charge in [-0.05, 0) is 30.2 Å². The van der Waals surface area contributed by atoms with E-state index in [9.17, 15) is 0 Å². The van der Waals surface area contributed by atoms with Gasteiger partial charge in [0.15, 0.2) is 5.82 Å². The topological polar surface area (TPSA) is 42.2 Å². The van der Waals surface area contributed by atoms with Crippen LogP contribution in [0.4, 0.5) is 5.82 Å². The lowest BCUT2D eigenvalue weighted by Gasteiger charge is -2.05. The van der Waals surface area contributed by atoms with Gasteiger partial charge in [-0.15, -0.1) is 0 Å². The van der Waals surface area contributed by atoms with Crippen molar-refractivity contribution >= 4 is 11.3 Å². The molecule has 2 atom stereocenters. The number of hydrogen-bond acceptors (Lipinski definition) is 3. The number of nitrogens with zero attached hydrogens (tertiary/aromatic N) is 3. The van der Waals surface area contributed by atoms with Crippen LogP contribution in [0.1, 0.15) is 38.8 Å². The molecule has 18 heavy (non-hydrogen) atoms. The maximum absolute atomic E-state index is 4.57. The monoisotopic (exact) mass is 244 g/mol. The lowest BCUT2D eigenvalue weighted by atomic mass is 10.1. The first-order chi connectivity index (χ1) is 8.65. The van der Waals surface area contributed by atoms with E-state index in [4.69, 9.17) is 0 Å². The number of aromatic nitrogens is 3. The van der Waals surface area contributed by atoms with Gasteiger partial charge in [0.05, 0.1) is 5.69 Å². The third kappa shape index (κ3) is 2.07. The standard InChI is InChI=1S/C14H20N4/c1-9(2)12-7-13-14(15-4-5-18(13)17-12)16-8-11-6-10(11)3/h4-5,7,9-11H,6,8H2,1-3H3,(H,15,16). The molecule has 1 N–H and O–H groups in total. The Balaban J connectivity index is 1.86. The van der Waals surface area contributed by atoms with Crippen molar-refractivity contribution in [2.45, 2.75) is 33.1 Å². The van der Waals surface area contributed by atoms with Crippen molar-refractivity contribution in [1.82, 2.24) is 14.6 Å². The maximum atomic E-state index is 4.57. The molecule has 1 aliphatic rings. The Hall–Kier alpha value is -1.58. The van der Waals surface area contributed by atoms with Gasteiger partial charge in [-0.3, -0.25) is 0 Å². The van der Waals surface area contributed by atoms with Crippen LogP contribution in [0.5, 0.6) is 0 Å². The van der Waals surface area contributed by atoms with Gasteiger partial charge in [-0.25, -0.2) is 9.50 Å². The third-order valence-electron chi connectivity index (χ3n) is 3.81. The van der Waals surface area contributed by atoms with Crippen LogP contribution in [-0.2, 0) is 0 Å². The second-order valence-corrected chi connectivity index (χ2v) is 5.68. The van der Waals surface area contributed by atoms with Crippen molar-refractivity contribution in [3.05, 3.63) is 24.2 Å². The molecule has 3 rings (SSSR count). The zero-order valence-corrected chi connectivity index (χ0v) is 11.2. The third-order valence-corrected chi connectivity index (χ3v) is 3.81. The maximum Gasteiger partial charge on any atom is 0.152 e. The summed E-state index contributed by atoms with van der Waals surface area (Å²) in [5.41, 5.74) is 2.19. The van der Waals surface area contributed by atoms with E-state index in [-0.39, 0.29) is 0 Å². The fraction of sp³-hybridized carbons (Fsp3) is 0.571. The molecule has 0 amide bonds. The Morgan fingerprint density at radius 2 is 2.28 bits per heavy atom. The number of hydrogen-bond donors (Lipinski definition) is 1. The Kier molecular flexibility index (Phi) is 2.73. The van der Waals surface area contributed by atoms with Crippen LogP contribution in [0.15, 0.2) is 18.5 Å². The van der Waals surface area contributed by atoms with Crippen LogP contribution in [-0.4, -0.2) is 21.1 Å². The summed E-state index contributed by atoms with van der Waals surface area (Å²) in [5, 5.41) is 8.03. The highest BCUT2D eigenvalue weighted by Gasteiger charge is 2.32. The molecule has 2 aromatic heterocycles. The molecule has 0 aromatic carbocycles. The van der Waals surface area contributed by atoms with E-state index in [0.29, 0.717) is 5.92 Å². The van der Waals surface area contributed by atoms with E-state index < -0.39 is 0 Å². The summed E-state index contributed by atoms with van der Waals surface area (Å²) < 4.78 is 1.92. The minimum absolute atomic E-state index is 0.446. The summed E-state index contributed by atoms with van der Waals surface area (Å²) in [7, 11) is 0. The van der Waals surface area contributed by atoms with Crippen LogP contribution in [0.2, 0.25) is 0 Å². The molecule has 4 nitrogen and oxygen atoms in total. The molecule has 2 heterocycles. The van der Waals surface area contributed by atoms with Crippen LogP contribution < -0.4 is 5.32 Å². The molecule has 0 spiro atoms. The van der Waals surface area contributed by atoms with Crippen molar-refractivity contribution < 1.29 is 0 Å². The highest BCUT2D eigenvalue weighted by molar-refractivity contribution is 5.67. The first kappa shape index (κ1) is 11.5. The SMILES string of the molecule is CC(C)c1cc2c(NCC3CC3C)nccn2n1. The molecule has 0 radical (unpaired) electrons. The fourth-order valence-corrected chi connectivity index (χ4v) is 2.27. The summed E-state index contributed by atoms with van der Waals surface area (Å²) in [6.45, 7) is 7.65. The average Bonchev–Trinajstić information content (AvgIpc) is 2.89. The molecular weight excluding hydrogens is 224 g/mol. The van der Waals surface area contributed by atoms with E-state index in [1.54, 1.807) is 0 Å². The largest absolute Gasteiger partial charge is 0.368 e. The smallest absolute Gasteiger partial charge is 0.152 e. The van der Waals surface area contributed by atoms with Crippen LogP contribution in [0.25, 0.3) is 5.52 Å². The predicted molar refractivity (Wildman–Crippen MR) is 72.8 cm³/mol. The molecule has 0 aliphatic heterocycles. The molecule has 2 aromatic rings. The van der Waals surface area contributed by atoms with Gasteiger partial charge in [0.2, 0.25) is 0 Å². The predicted octanol–water partition coefficient (Wildman–Crippen LogP) is 2.92. The van der Waals surface area contributed by atoms with E-state index in [1.165, 1.54) is 6.42 Å². The normalized spacial score (nSPS) is 22.7. The summed E-state index contributed by atoms with van der Waals surface area (Å²) >= 11 is 0. The average molecular weight is 244 g/mol. The quantitative estimate of drug-likeness (QED) is 0.899. The van der Waals surface area contributed by atoms with E-state index >= 15 is 0 Å². The molecular formula is C14H20N4. The van der Waals surface area contributed by atoms with E-state index in [1.807, 2.05) is 16.9 Å². The van der Waals surface area contributed by atoms with Crippen molar-refractivity contribution in [3.8, 4) is 0 Å². The molecule has 0 bridgehead atoms. The summed E-state index contributed by atoms with van der Waals surface area (Å²) in [5.74, 6) is 3.09. The van der Waals surface area contributed by atoms with Gasteiger partial charge in [0.1, 0.15) is 5.52 Å². The van der Waals surface area contributed by atoms with Gasteiger partial charge in [0.25, 0.3) is 0 Å². The van der Waals surface area contributed by atoms with Gasteiger partial charge in [0, 0.05) is 18.9 Å². The zero-order chi connectivity index (χ0) is 12.7. The second kappa shape index (κ2) is 4.26. The van der Waals surface area contributed by atoms with Crippen molar-refractivity contribution in [3.63, 3.8) is 0 Å². The Morgan fingerprint density at radius 1 is 1.50 bits per heavy atom. The lowest BCUT2D eigenvalue weighted by molar-refractivity contribution is 0.779. The number of nitrogens with one attached hydrogen (secondary N) is 1. The minimum atomic E-state index is 0.446. The minimum Gasteiger partial charge on any atom is -0.368 e. The highest BCUT2D eigenvalue weighted by atomic mass is 15.2. The highest BCUT2D eigenvalue weighted by Crippen LogP contribution is 2.37. The van der Waals surface area contributed by atoms with E-state index in [2.05, 4.69) is 42.2 Å². The first-order valence-corrected chi connectivity index (χ1v) is 6.73. The van der Waals surface area contributed by atoms with Crippen LogP contribution >= 0.6 is 0 Å². The molecule has 96 valence electrons. The summed E-state index contributed by atoms with van der Waals surface area (Å²) in [6, 6.07) is 2.14. The van der Waals surface area contributed by atoms with Crippen molar-refractivity contribution in [2.75, 3.05) is 11.9 Å². The second-order valence-electron chi connectivity index (χ2n) is 5.68. The van der Waals surface area contributed by atoms with Crippen molar-refractivity contribution in [2.24, 2.45) is 11.8 Å². The zero-order valence-electron chi connectivity index (χ0n) is 11.2. The molecule has 1 aliphatic carbocycles. The van der Waals surface area contributed by atoms with Crippen molar-refractivity contribution in [1.29, 1.82) is 0 Å². The van der Waals surface area contributed by atoms with Gasteiger partial charge in [-0.2, -0.15) is 5.10 Å². The lowest BCUT2D eigenvalue weighted by Crippen LogP contribution is -2.07. The Morgan fingerprint density at radius 3 is 2.94 bits per heavy atom. The van der Waals surface area contributed by atoms with Gasteiger partial charge < -0.3 is 5.32 Å². The first-order valence-electron chi connectivity index (χ1n) is 6.73. The van der Waals surface area contributed by atoms with Crippen LogP contribution in [0.3, 0.4) is 0 Å². The summed E-state index contributed by atoms with van der Waals surface area (Å²) in [4.78, 5) is 4.43. The van der Waals surface area contributed by atoms with Gasteiger partial charge in [-0.1, -0.05) is 20.8 Å². The fourth-order valence-electron chi connectivity index (χ4n) is 2.27. The van der Waals surface area contributed by atoms with E-state index in [0.717, 1.165) is 35.4 Å². The number of fused-ring (bicyclic) bond motifs is 1. The molecule has 4 heteroatoms. The number of rotatable bonds is 4. The number of anilines is 1. The molecule has 1 fully saturated rings. The Bertz CT molecular complexity index is 558. The Labute approximate surface area is 107 Å².